The molecule has 0 spiro atoms. The second-order valence-electron chi connectivity index (χ2n) is 7.19. The predicted molar refractivity (Wildman–Crippen MR) is 123 cm³/mol. The number of fused-ring (bicyclic) bond motifs is 1. The zero-order chi connectivity index (χ0) is 17.9. The smallest absolute Gasteiger partial charge is 0.224 e. The lowest BCUT2D eigenvalue weighted by atomic mass is 10.1. The number of rotatable bonds is 3. The van der Waals surface area contributed by atoms with Gasteiger partial charge in [-0.3, -0.25) is 9.79 Å². The van der Waals surface area contributed by atoms with Gasteiger partial charge in [-0.05, 0) is 37.3 Å². The summed E-state index contributed by atoms with van der Waals surface area (Å²) in [6, 6.07) is 2.15. The monoisotopic (exact) mass is 508 g/mol. The molecule has 3 heterocycles. The van der Waals surface area contributed by atoms with Crippen LogP contribution >= 0.6 is 47.1 Å². The number of aliphatic imine (C=N–C) groups is 1. The number of nitrogens with zero attached hydrogens (tertiary/aromatic N) is 3. The number of guanidine groups is 1. The maximum atomic E-state index is 12.5. The Bertz CT molecular complexity index is 647. The molecule has 8 heteroatoms. The molecule has 3 rings (SSSR count). The van der Waals surface area contributed by atoms with Gasteiger partial charge in [-0.1, -0.05) is 0 Å². The summed E-state index contributed by atoms with van der Waals surface area (Å²) in [4.78, 5) is 22.6. The summed E-state index contributed by atoms with van der Waals surface area (Å²) in [5.41, 5.74) is 1.32. The second-order valence-corrected chi connectivity index (χ2v) is 9.99. The van der Waals surface area contributed by atoms with E-state index in [1.807, 2.05) is 23.7 Å². The number of halogens is 1. The van der Waals surface area contributed by atoms with Gasteiger partial charge in [0.05, 0.1) is 0 Å². The third kappa shape index (κ3) is 5.51. The van der Waals surface area contributed by atoms with Crippen LogP contribution in [0.3, 0.4) is 0 Å². The highest BCUT2D eigenvalue weighted by Gasteiger charge is 2.28. The van der Waals surface area contributed by atoms with Gasteiger partial charge in [0.2, 0.25) is 5.91 Å². The van der Waals surface area contributed by atoms with Crippen LogP contribution in [0.2, 0.25) is 0 Å². The van der Waals surface area contributed by atoms with Gasteiger partial charge < -0.3 is 15.1 Å². The zero-order valence-corrected chi connectivity index (χ0v) is 19.7. The van der Waals surface area contributed by atoms with Gasteiger partial charge in [-0.2, -0.15) is 11.8 Å². The van der Waals surface area contributed by atoms with Crippen LogP contribution in [0, 0.1) is 0 Å². The van der Waals surface area contributed by atoms with Crippen molar-refractivity contribution in [1.82, 2.24) is 15.1 Å². The third-order valence-electron chi connectivity index (χ3n) is 4.72. The maximum Gasteiger partial charge on any atom is 0.224 e. The maximum absolute atomic E-state index is 12.5. The molecule has 0 radical (unpaired) electrons. The highest BCUT2D eigenvalue weighted by molar-refractivity contribution is 14.0. The quantitative estimate of drug-likeness (QED) is 0.388. The van der Waals surface area contributed by atoms with Crippen molar-refractivity contribution in [1.29, 1.82) is 0 Å². The predicted octanol–water partition coefficient (Wildman–Crippen LogP) is 3.04. The minimum absolute atomic E-state index is 0. The summed E-state index contributed by atoms with van der Waals surface area (Å²) < 4.78 is 0.248. The van der Waals surface area contributed by atoms with Gasteiger partial charge >= 0.3 is 0 Å². The molecule has 26 heavy (non-hydrogen) atoms. The molecule has 1 N–H and O–H groups in total. The van der Waals surface area contributed by atoms with Crippen molar-refractivity contribution in [3.8, 4) is 0 Å². The zero-order valence-electron chi connectivity index (χ0n) is 15.8. The molecule has 0 aliphatic carbocycles. The Balaban J connectivity index is 0.00000243. The number of carbonyl (C=O) groups excluding carboxylic acids is 1. The van der Waals surface area contributed by atoms with Crippen molar-refractivity contribution in [3.05, 3.63) is 21.9 Å². The fourth-order valence-electron chi connectivity index (χ4n) is 3.43. The van der Waals surface area contributed by atoms with Crippen LogP contribution in [0.5, 0.6) is 0 Å². The molecule has 1 saturated heterocycles. The first-order valence-corrected chi connectivity index (χ1v) is 10.8. The first-order valence-electron chi connectivity index (χ1n) is 8.91. The van der Waals surface area contributed by atoms with Crippen molar-refractivity contribution in [2.24, 2.45) is 4.99 Å². The van der Waals surface area contributed by atoms with E-state index in [2.05, 4.69) is 40.5 Å². The second kappa shape index (κ2) is 9.64. The molecule has 1 aromatic rings. The lowest BCUT2D eigenvalue weighted by molar-refractivity contribution is -0.131. The van der Waals surface area contributed by atoms with E-state index in [1.165, 1.54) is 10.4 Å². The molecule has 1 fully saturated rings. The molecular weight excluding hydrogens is 479 g/mol. The molecule has 0 atom stereocenters. The molecule has 146 valence electrons. The molecule has 1 amide bonds. The van der Waals surface area contributed by atoms with Crippen LogP contribution in [0.4, 0.5) is 0 Å². The Labute approximate surface area is 182 Å². The Kier molecular flexibility index (Phi) is 8.08. The topological polar surface area (TPSA) is 47.9 Å². The number of hydrogen-bond acceptors (Lipinski definition) is 4. The number of thioether (sulfide) groups is 1. The lowest BCUT2D eigenvalue weighted by Crippen LogP contribution is -2.51. The van der Waals surface area contributed by atoms with E-state index in [1.54, 1.807) is 11.3 Å². The molecule has 0 aromatic carbocycles. The van der Waals surface area contributed by atoms with Crippen molar-refractivity contribution < 1.29 is 4.79 Å². The fraction of sp³-hybridized carbons (Fsp3) is 0.667. The van der Waals surface area contributed by atoms with E-state index in [9.17, 15) is 4.79 Å². The van der Waals surface area contributed by atoms with Crippen LogP contribution < -0.4 is 5.32 Å². The fourth-order valence-corrected chi connectivity index (χ4v) is 5.43. The Morgan fingerprint density at radius 3 is 2.88 bits per heavy atom. The van der Waals surface area contributed by atoms with Gasteiger partial charge in [-0.25, -0.2) is 0 Å². The molecule has 5 nitrogen and oxygen atoms in total. The summed E-state index contributed by atoms with van der Waals surface area (Å²) in [7, 11) is 1.82. The van der Waals surface area contributed by atoms with Gasteiger partial charge in [-0.15, -0.1) is 35.3 Å². The number of nitrogens with one attached hydrogen (secondary N) is 1. The molecule has 0 bridgehead atoms. The summed E-state index contributed by atoms with van der Waals surface area (Å²) >= 11 is 3.82. The molecule has 0 saturated carbocycles. The minimum Gasteiger partial charge on any atom is -0.356 e. The molecule has 1 aromatic heterocycles. The van der Waals surface area contributed by atoms with Crippen molar-refractivity contribution >= 4 is 58.9 Å². The first kappa shape index (κ1) is 21.8. The average Bonchev–Trinajstić information content (AvgIpc) is 3.05. The Hall–Kier alpha value is -0.480. The summed E-state index contributed by atoms with van der Waals surface area (Å²) in [5, 5.41) is 5.51. The van der Waals surface area contributed by atoms with Crippen molar-refractivity contribution in [2.45, 2.75) is 38.0 Å². The molecular formula is C18H29IN4OS2. The third-order valence-corrected chi connectivity index (χ3v) is 7.04. The number of amides is 1. The van der Waals surface area contributed by atoms with Crippen LogP contribution in [0.1, 0.15) is 30.7 Å². The highest BCUT2D eigenvalue weighted by atomic mass is 127. The normalized spacial score (nSPS) is 19.6. The van der Waals surface area contributed by atoms with E-state index in [-0.39, 0.29) is 34.6 Å². The van der Waals surface area contributed by atoms with E-state index in [4.69, 9.17) is 0 Å². The van der Waals surface area contributed by atoms with E-state index in [0.29, 0.717) is 13.0 Å². The number of thiophene rings is 1. The van der Waals surface area contributed by atoms with Crippen LogP contribution in [0.25, 0.3) is 0 Å². The highest BCUT2D eigenvalue weighted by Crippen LogP contribution is 2.29. The standard InChI is InChI=1S/C18H28N4OS2.HI/c1-18(2)13-22(9-11-25-18)17(19-3)20-7-4-16(23)21-8-5-15-14(12-21)6-10-24-15;/h6,10H,4-5,7-9,11-13H2,1-3H3,(H,19,20);1H. The summed E-state index contributed by atoms with van der Waals surface area (Å²) in [5.74, 6) is 2.26. The van der Waals surface area contributed by atoms with E-state index >= 15 is 0 Å². The number of carbonyl (C=O) groups is 1. The van der Waals surface area contributed by atoms with E-state index in [0.717, 1.165) is 44.3 Å². The summed E-state index contributed by atoms with van der Waals surface area (Å²) in [6.45, 7) is 8.80. The molecule has 2 aliphatic heterocycles. The van der Waals surface area contributed by atoms with Crippen LogP contribution in [-0.4, -0.2) is 65.4 Å². The van der Waals surface area contributed by atoms with Gasteiger partial charge in [0.25, 0.3) is 0 Å². The van der Waals surface area contributed by atoms with Gasteiger partial charge in [0, 0.05) is 61.6 Å². The molecule has 2 aliphatic rings. The SMILES string of the molecule is CN=C(NCCC(=O)N1CCc2sccc2C1)N1CCSC(C)(C)C1.I. The summed E-state index contributed by atoms with van der Waals surface area (Å²) in [6.07, 6.45) is 1.51. The Morgan fingerprint density at radius 2 is 2.15 bits per heavy atom. The van der Waals surface area contributed by atoms with Gasteiger partial charge in [0.15, 0.2) is 5.96 Å². The average molecular weight is 508 g/mol. The van der Waals surface area contributed by atoms with Gasteiger partial charge in [0.1, 0.15) is 0 Å². The first-order chi connectivity index (χ1) is 12.0. The van der Waals surface area contributed by atoms with Crippen molar-refractivity contribution in [2.75, 3.05) is 39.0 Å². The Morgan fingerprint density at radius 1 is 1.35 bits per heavy atom. The van der Waals surface area contributed by atoms with E-state index < -0.39 is 0 Å². The minimum atomic E-state index is 0. The van der Waals surface area contributed by atoms with Crippen LogP contribution in [-0.2, 0) is 17.8 Å². The number of hydrogen-bond donors (Lipinski definition) is 1. The van der Waals surface area contributed by atoms with Crippen LogP contribution in [0.15, 0.2) is 16.4 Å². The van der Waals surface area contributed by atoms with Crippen molar-refractivity contribution in [3.63, 3.8) is 0 Å². The largest absolute Gasteiger partial charge is 0.356 e. The lowest BCUT2D eigenvalue weighted by Gasteiger charge is -2.39. The molecule has 0 unspecified atom stereocenters.